The molecule has 0 unspecified atom stereocenters. The van der Waals surface area contributed by atoms with Gasteiger partial charge < -0.3 is 14.7 Å². The second-order valence-electron chi connectivity index (χ2n) is 7.67. The summed E-state index contributed by atoms with van der Waals surface area (Å²) in [5.74, 6) is -0.706. The maximum absolute atomic E-state index is 13.6. The zero-order valence-electron chi connectivity index (χ0n) is 16.5. The minimum atomic E-state index is -0.713. The first-order chi connectivity index (χ1) is 13.0. The van der Waals surface area contributed by atoms with Crippen LogP contribution in [0.25, 0.3) is 0 Å². The summed E-state index contributed by atoms with van der Waals surface area (Å²) in [4.78, 5) is 27.3. The number of aliphatic hydroxyl groups excluding tert-OH is 1. The number of carbonyl (C=O) groups is 2. The van der Waals surface area contributed by atoms with E-state index in [2.05, 4.69) is 15.9 Å². The third-order valence-corrected chi connectivity index (χ3v) is 4.92. The Bertz CT molecular complexity index is 763. The van der Waals surface area contributed by atoms with Crippen LogP contribution in [-0.4, -0.2) is 52.8 Å². The van der Waals surface area contributed by atoms with E-state index in [1.165, 1.54) is 34.9 Å². The lowest BCUT2D eigenvalue weighted by atomic mass is 10.1. The lowest BCUT2D eigenvalue weighted by Crippen LogP contribution is -2.41. The molecule has 0 radical (unpaired) electrons. The number of benzene rings is 1. The van der Waals surface area contributed by atoms with E-state index in [-0.39, 0.29) is 12.5 Å². The Kier molecular flexibility index (Phi) is 7.22. The molecule has 0 bridgehead atoms. The summed E-state index contributed by atoms with van der Waals surface area (Å²) in [6.07, 6.45) is 2.62. The summed E-state index contributed by atoms with van der Waals surface area (Å²) < 4.78 is 19.6. The Hall–Kier alpha value is -1.93. The fourth-order valence-electron chi connectivity index (χ4n) is 2.96. The van der Waals surface area contributed by atoms with Gasteiger partial charge in [-0.2, -0.15) is 0 Å². The van der Waals surface area contributed by atoms with Gasteiger partial charge in [0, 0.05) is 24.5 Å². The highest BCUT2D eigenvalue weighted by atomic mass is 79.9. The van der Waals surface area contributed by atoms with Crippen molar-refractivity contribution in [2.75, 3.05) is 18.0 Å². The third-order valence-electron chi connectivity index (χ3n) is 4.25. The topological polar surface area (TPSA) is 70.1 Å². The Labute approximate surface area is 173 Å². The van der Waals surface area contributed by atoms with Crippen molar-refractivity contribution in [1.82, 2.24) is 4.90 Å². The van der Waals surface area contributed by atoms with Gasteiger partial charge in [-0.05, 0) is 61.3 Å². The van der Waals surface area contributed by atoms with Crippen LogP contribution < -0.4 is 4.90 Å². The van der Waals surface area contributed by atoms with Crippen molar-refractivity contribution in [2.24, 2.45) is 0 Å². The molecular weight excluding hydrogens is 431 g/mol. The van der Waals surface area contributed by atoms with Crippen LogP contribution in [0.4, 0.5) is 14.9 Å². The Morgan fingerprint density at radius 2 is 2.11 bits per heavy atom. The van der Waals surface area contributed by atoms with Crippen molar-refractivity contribution >= 4 is 33.6 Å². The van der Waals surface area contributed by atoms with Crippen LogP contribution >= 0.6 is 15.9 Å². The summed E-state index contributed by atoms with van der Waals surface area (Å²) in [6, 6.07) is 3.57. The molecule has 1 saturated heterocycles. The standard InChI is InChI=1S/C20H26BrFN2O4/c1-13(25)23(17-12-14(22)7-8-15(17)21)10-5-6-16-18(26)9-11-24(16)19(27)28-20(2,3)4/h5-8,12,16,18,26H,9-11H2,1-4H3/b6-5+/t16-,18+/m1/s1. The summed E-state index contributed by atoms with van der Waals surface area (Å²) in [5, 5.41) is 10.2. The van der Waals surface area contributed by atoms with Gasteiger partial charge >= 0.3 is 6.09 Å². The van der Waals surface area contributed by atoms with E-state index in [1.807, 2.05) is 0 Å². The van der Waals surface area contributed by atoms with Crippen molar-refractivity contribution in [3.63, 3.8) is 0 Å². The molecule has 2 rings (SSSR count). The highest BCUT2D eigenvalue weighted by molar-refractivity contribution is 9.10. The van der Waals surface area contributed by atoms with Crippen LogP contribution in [0.1, 0.15) is 34.1 Å². The first-order valence-electron chi connectivity index (χ1n) is 9.07. The fraction of sp³-hybridized carbons (Fsp3) is 0.500. The molecule has 8 heteroatoms. The molecule has 0 aliphatic carbocycles. The summed E-state index contributed by atoms with van der Waals surface area (Å²) >= 11 is 3.33. The number of ether oxygens (including phenoxy) is 1. The average molecular weight is 457 g/mol. The van der Waals surface area contributed by atoms with E-state index in [9.17, 15) is 19.1 Å². The smallest absolute Gasteiger partial charge is 0.410 e. The highest BCUT2D eigenvalue weighted by Gasteiger charge is 2.36. The number of rotatable bonds is 4. The molecule has 1 aliphatic rings. The van der Waals surface area contributed by atoms with E-state index < -0.39 is 29.7 Å². The number of hydrogen-bond donors (Lipinski definition) is 1. The van der Waals surface area contributed by atoms with Crippen molar-refractivity contribution in [3.05, 3.63) is 40.6 Å². The quantitative estimate of drug-likeness (QED) is 0.698. The lowest BCUT2D eigenvalue weighted by Gasteiger charge is -2.28. The van der Waals surface area contributed by atoms with Gasteiger partial charge in [-0.25, -0.2) is 9.18 Å². The molecule has 0 spiro atoms. The molecular formula is C20H26BrFN2O4. The SMILES string of the molecule is CC(=O)N(C/C=C/[C@@H]1[C@@H](O)CCN1C(=O)OC(C)(C)C)c1cc(F)ccc1Br. The largest absolute Gasteiger partial charge is 0.444 e. The molecule has 6 nitrogen and oxygen atoms in total. The Morgan fingerprint density at radius 1 is 1.43 bits per heavy atom. The molecule has 1 aromatic rings. The molecule has 28 heavy (non-hydrogen) atoms. The summed E-state index contributed by atoms with van der Waals surface area (Å²) in [7, 11) is 0. The van der Waals surface area contributed by atoms with Gasteiger partial charge in [-0.3, -0.25) is 9.69 Å². The maximum atomic E-state index is 13.6. The molecule has 1 aliphatic heterocycles. The molecule has 0 aromatic heterocycles. The van der Waals surface area contributed by atoms with Crippen LogP contribution in [-0.2, 0) is 9.53 Å². The number of hydrogen-bond acceptors (Lipinski definition) is 4. The van der Waals surface area contributed by atoms with E-state index in [0.29, 0.717) is 23.1 Å². The average Bonchev–Trinajstić information content (AvgIpc) is 2.93. The molecule has 1 N–H and O–H groups in total. The second kappa shape index (κ2) is 9.05. The Morgan fingerprint density at radius 3 is 2.71 bits per heavy atom. The zero-order chi connectivity index (χ0) is 21.1. The van der Waals surface area contributed by atoms with Crippen LogP contribution in [0.3, 0.4) is 0 Å². The zero-order valence-corrected chi connectivity index (χ0v) is 18.1. The number of aliphatic hydroxyl groups is 1. The maximum Gasteiger partial charge on any atom is 0.410 e. The first kappa shape index (κ1) is 22.4. The molecule has 1 fully saturated rings. The molecule has 1 aromatic carbocycles. The first-order valence-corrected chi connectivity index (χ1v) is 9.86. The monoisotopic (exact) mass is 456 g/mol. The number of halogens is 2. The van der Waals surface area contributed by atoms with Crippen LogP contribution in [0.15, 0.2) is 34.8 Å². The van der Waals surface area contributed by atoms with E-state index in [4.69, 9.17) is 4.74 Å². The summed E-state index contributed by atoms with van der Waals surface area (Å²) in [5.41, 5.74) is -0.221. The van der Waals surface area contributed by atoms with Crippen molar-refractivity contribution in [1.29, 1.82) is 0 Å². The van der Waals surface area contributed by atoms with Gasteiger partial charge in [0.25, 0.3) is 0 Å². The summed E-state index contributed by atoms with van der Waals surface area (Å²) in [6.45, 7) is 7.29. The van der Waals surface area contributed by atoms with Gasteiger partial charge in [0.2, 0.25) is 5.91 Å². The predicted molar refractivity (Wildman–Crippen MR) is 109 cm³/mol. The Balaban J connectivity index is 2.14. The second-order valence-corrected chi connectivity index (χ2v) is 8.53. The van der Waals surface area contributed by atoms with Gasteiger partial charge in [0.15, 0.2) is 0 Å². The van der Waals surface area contributed by atoms with Gasteiger partial charge in [0.05, 0.1) is 17.8 Å². The third kappa shape index (κ3) is 5.78. The van der Waals surface area contributed by atoms with Gasteiger partial charge in [0.1, 0.15) is 11.4 Å². The van der Waals surface area contributed by atoms with Crippen molar-refractivity contribution in [2.45, 2.75) is 51.9 Å². The molecule has 1 heterocycles. The highest BCUT2D eigenvalue weighted by Crippen LogP contribution is 2.28. The number of likely N-dealkylation sites (tertiary alicyclic amines) is 1. The number of nitrogens with zero attached hydrogens (tertiary/aromatic N) is 2. The van der Waals surface area contributed by atoms with E-state index in [1.54, 1.807) is 32.9 Å². The van der Waals surface area contributed by atoms with Crippen molar-refractivity contribution in [3.8, 4) is 0 Å². The number of amides is 2. The number of carbonyl (C=O) groups excluding carboxylic acids is 2. The van der Waals surface area contributed by atoms with Crippen LogP contribution in [0.5, 0.6) is 0 Å². The van der Waals surface area contributed by atoms with Crippen LogP contribution in [0, 0.1) is 5.82 Å². The number of anilines is 1. The predicted octanol–water partition coefficient (Wildman–Crippen LogP) is 3.87. The minimum absolute atomic E-state index is 0.169. The van der Waals surface area contributed by atoms with Crippen molar-refractivity contribution < 1.29 is 23.8 Å². The van der Waals surface area contributed by atoms with E-state index in [0.717, 1.165) is 0 Å². The molecule has 2 atom stereocenters. The molecule has 0 saturated carbocycles. The van der Waals surface area contributed by atoms with E-state index >= 15 is 0 Å². The van der Waals surface area contributed by atoms with Gasteiger partial charge in [-0.1, -0.05) is 12.2 Å². The minimum Gasteiger partial charge on any atom is -0.444 e. The molecule has 2 amide bonds. The fourth-order valence-corrected chi connectivity index (χ4v) is 3.42. The molecule has 154 valence electrons. The normalized spacial score (nSPS) is 19.9. The van der Waals surface area contributed by atoms with Gasteiger partial charge in [-0.15, -0.1) is 0 Å². The lowest BCUT2D eigenvalue weighted by molar-refractivity contribution is -0.116. The van der Waals surface area contributed by atoms with Crippen LogP contribution in [0.2, 0.25) is 0 Å².